The molecule has 3 rings (SSSR count). The smallest absolute Gasteiger partial charge is 0.275 e. The predicted molar refractivity (Wildman–Crippen MR) is 82.0 cm³/mol. The summed E-state index contributed by atoms with van der Waals surface area (Å²) in [6, 6.07) is 9.58. The molecule has 0 radical (unpaired) electrons. The lowest BCUT2D eigenvalue weighted by Crippen LogP contribution is -2.24. The van der Waals surface area contributed by atoms with E-state index >= 15 is 0 Å². The SMILES string of the molecule is COc1ccc(F)cc1/C=C1/N=C(c2ccc(F)cc2)NC1=O. The molecule has 1 aliphatic rings. The Kier molecular flexibility index (Phi) is 3.89. The number of carbonyl (C=O) groups excluding carboxylic acids is 1. The van der Waals surface area contributed by atoms with E-state index in [9.17, 15) is 13.6 Å². The highest BCUT2D eigenvalue weighted by molar-refractivity contribution is 6.19. The average Bonchev–Trinajstić information content (AvgIpc) is 2.89. The molecule has 0 unspecified atom stereocenters. The van der Waals surface area contributed by atoms with Crippen LogP contribution in [0.1, 0.15) is 11.1 Å². The van der Waals surface area contributed by atoms with Crippen LogP contribution >= 0.6 is 0 Å². The zero-order valence-electron chi connectivity index (χ0n) is 12.1. The summed E-state index contributed by atoms with van der Waals surface area (Å²) in [5, 5.41) is 2.60. The number of hydrogen-bond acceptors (Lipinski definition) is 3. The molecule has 4 nitrogen and oxygen atoms in total. The Morgan fingerprint density at radius 2 is 1.78 bits per heavy atom. The zero-order chi connectivity index (χ0) is 16.4. The molecule has 2 aromatic rings. The Balaban J connectivity index is 1.98. The van der Waals surface area contributed by atoms with Crippen molar-refractivity contribution in [2.24, 2.45) is 4.99 Å². The van der Waals surface area contributed by atoms with Gasteiger partial charge in [0.15, 0.2) is 0 Å². The van der Waals surface area contributed by atoms with Crippen molar-refractivity contribution in [3.63, 3.8) is 0 Å². The molecule has 0 saturated heterocycles. The largest absolute Gasteiger partial charge is 0.496 e. The number of hydrogen-bond donors (Lipinski definition) is 1. The second-order valence-electron chi connectivity index (χ2n) is 4.84. The van der Waals surface area contributed by atoms with Gasteiger partial charge < -0.3 is 10.1 Å². The van der Waals surface area contributed by atoms with E-state index in [1.807, 2.05) is 0 Å². The fourth-order valence-corrected chi connectivity index (χ4v) is 2.18. The third kappa shape index (κ3) is 3.11. The minimum atomic E-state index is -0.446. The molecule has 0 spiro atoms. The van der Waals surface area contributed by atoms with Crippen LogP contribution in [0.2, 0.25) is 0 Å². The highest BCUT2D eigenvalue weighted by Gasteiger charge is 2.21. The summed E-state index contributed by atoms with van der Waals surface area (Å²) in [7, 11) is 1.46. The Hall–Kier alpha value is -3.02. The number of aliphatic imine (C=N–C) groups is 1. The fraction of sp³-hybridized carbons (Fsp3) is 0.0588. The highest BCUT2D eigenvalue weighted by atomic mass is 19.1. The number of ether oxygens (including phenoxy) is 1. The van der Waals surface area contributed by atoms with Gasteiger partial charge in [0.25, 0.3) is 5.91 Å². The Labute approximate surface area is 131 Å². The van der Waals surface area contributed by atoms with Crippen LogP contribution in [0.3, 0.4) is 0 Å². The van der Waals surface area contributed by atoms with Crippen molar-refractivity contribution in [2.45, 2.75) is 0 Å². The summed E-state index contributed by atoms with van der Waals surface area (Å²) in [6.45, 7) is 0. The molecule has 1 heterocycles. The van der Waals surface area contributed by atoms with Gasteiger partial charge >= 0.3 is 0 Å². The molecular weight excluding hydrogens is 302 g/mol. The number of benzene rings is 2. The van der Waals surface area contributed by atoms with Crippen molar-refractivity contribution in [3.8, 4) is 5.75 Å². The highest BCUT2D eigenvalue weighted by Crippen LogP contribution is 2.24. The van der Waals surface area contributed by atoms with E-state index < -0.39 is 11.7 Å². The lowest BCUT2D eigenvalue weighted by molar-refractivity contribution is -0.115. The van der Waals surface area contributed by atoms with Gasteiger partial charge in [-0.2, -0.15) is 0 Å². The molecule has 0 atom stereocenters. The zero-order valence-corrected chi connectivity index (χ0v) is 12.1. The monoisotopic (exact) mass is 314 g/mol. The standard InChI is InChI=1S/C17H12F2N2O2/c1-23-15-7-6-13(19)8-11(15)9-14-17(22)21-16(20-14)10-2-4-12(18)5-3-10/h2-9H,1H3,(H,20,21,22)/b14-9+. The first-order valence-electron chi connectivity index (χ1n) is 6.78. The quantitative estimate of drug-likeness (QED) is 0.886. The molecule has 1 amide bonds. The summed E-state index contributed by atoms with van der Waals surface area (Å²) in [6.07, 6.45) is 1.44. The number of methoxy groups -OCH3 is 1. The molecule has 0 fully saturated rings. The van der Waals surface area contributed by atoms with Gasteiger partial charge in [-0.3, -0.25) is 4.79 Å². The number of rotatable bonds is 3. The van der Waals surface area contributed by atoms with Gasteiger partial charge in [-0.1, -0.05) is 0 Å². The van der Waals surface area contributed by atoms with E-state index in [-0.39, 0.29) is 11.5 Å². The van der Waals surface area contributed by atoms with E-state index in [2.05, 4.69) is 10.3 Å². The molecular formula is C17H12F2N2O2. The van der Waals surface area contributed by atoms with Crippen LogP contribution in [-0.2, 0) is 4.79 Å². The van der Waals surface area contributed by atoms with Crippen LogP contribution in [0.5, 0.6) is 5.75 Å². The molecule has 2 aromatic carbocycles. The van der Waals surface area contributed by atoms with Crippen molar-refractivity contribution < 1.29 is 18.3 Å². The predicted octanol–water partition coefficient (Wildman–Crippen LogP) is 2.89. The lowest BCUT2D eigenvalue weighted by Gasteiger charge is -2.04. The van der Waals surface area contributed by atoms with E-state index in [1.165, 1.54) is 55.7 Å². The number of halogens is 2. The van der Waals surface area contributed by atoms with Crippen LogP contribution in [0, 0.1) is 11.6 Å². The molecule has 1 N–H and O–H groups in total. The summed E-state index contributed by atoms with van der Waals surface area (Å²) in [5.41, 5.74) is 1.10. The Morgan fingerprint density at radius 1 is 1.09 bits per heavy atom. The number of nitrogens with one attached hydrogen (secondary N) is 1. The van der Waals surface area contributed by atoms with Crippen molar-refractivity contribution in [2.75, 3.05) is 7.11 Å². The van der Waals surface area contributed by atoms with Gasteiger partial charge in [0.2, 0.25) is 0 Å². The van der Waals surface area contributed by atoms with E-state index in [0.717, 1.165) is 0 Å². The molecule has 6 heteroatoms. The molecule has 0 aromatic heterocycles. The number of nitrogens with zero attached hydrogens (tertiary/aromatic N) is 1. The van der Waals surface area contributed by atoms with E-state index in [0.29, 0.717) is 22.7 Å². The van der Waals surface area contributed by atoms with Crippen LogP contribution in [-0.4, -0.2) is 18.9 Å². The molecule has 0 saturated carbocycles. The first-order chi connectivity index (χ1) is 11.1. The second-order valence-corrected chi connectivity index (χ2v) is 4.84. The van der Waals surface area contributed by atoms with Crippen LogP contribution in [0.15, 0.2) is 53.2 Å². The first-order valence-corrected chi connectivity index (χ1v) is 6.78. The van der Waals surface area contributed by atoms with Crippen molar-refractivity contribution >= 4 is 17.8 Å². The Morgan fingerprint density at radius 3 is 2.48 bits per heavy atom. The molecule has 0 aliphatic carbocycles. The maximum atomic E-state index is 13.4. The molecule has 116 valence electrons. The maximum Gasteiger partial charge on any atom is 0.275 e. The summed E-state index contributed by atoms with van der Waals surface area (Å²) < 4.78 is 31.5. The summed E-state index contributed by atoms with van der Waals surface area (Å²) in [5.74, 6) is -0.498. The third-order valence-electron chi connectivity index (χ3n) is 3.30. The molecule has 1 aliphatic heterocycles. The molecule has 23 heavy (non-hydrogen) atoms. The minimum absolute atomic E-state index is 0.119. The van der Waals surface area contributed by atoms with Gasteiger partial charge in [0.05, 0.1) is 7.11 Å². The van der Waals surface area contributed by atoms with Crippen LogP contribution in [0.4, 0.5) is 8.78 Å². The summed E-state index contributed by atoms with van der Waals surface area (Å²) in [4.78, 5) is 16.2. The van der Waals surface area contributed by atoms with E-state index in [4.69, 9.17) is 4.74 Å². The minimum Gasteiger partial charge on any atom is -0.496 e. The normalized spacial score (nSPS) is 15.5. The van der Waals surface area contributed by atoms with Gasteiger partial charge in [0.1, 0.15) is 28.9 Å². The van der Waals surface area contributed by atoms with Gasteiger partial charge in [-0.25, -0.2) is 13.8 Å². The lowest BCUT2D eigenvalue weighted by atomic mass is 10.1. The number of amides is 1. The van der Waals surface area contributed by atoms with Crippen molar-refractivity contribution in [1.29, 1.82) is 0 Å². The first kappa shape index (κ1) is 14.9. The van der Waals surface area contributed by atoms with Gasteiger partial charge in [0, 0.05) is 11.1 Å². The average molecular weight is 314 g/mol. The van der Waals surface area contributed by atoms with Gasteiger partial charge in [-0.15, -0.1) is 0 Å². The topological polar surface area (TPSA) is 50.7 Å². The number of amidine groups is 1. The molecule has 0 bridgehead atoms. The second kappa shape index (κ2) is 6.00. The van der Waals surface area contributed by atoms with Gasteiger partial charge in [-0.05, 0) is 48.5 Å². The van der Waals surface area contributed by atoms with E-state index in [1.54, 1.807) is 0 Å². The third-order valence-corrected chi connectivity index (χ3v) is 3.30. The fourth-order valence-electron chi connectivity index (χ4n) is 2.18. The van der Waals surface area contributed by atoms with Crippen LogP contribution in [0.25, 0.3) is 6.08 Å². The van der Waals surface area contributed by atoms with Crippen molar-refractivity contribution in [3.05, 3.63) is 70.9 Å². The number of carbonyl (C=O) groups is 1. The van der Waals surface area contributed by atoms with Crippen LogP contribution < -0.4 is 10.1 Å². The Bertz CT molecular complexity index is 827. The summed E-state index contributed by atoms with van der Waals surface area (Å²) >= 11 is 0. The van der Waals surface area contributed by atoms with Crippen molar-refractivity contribution in [1.82, 2.24) is 5.32 Å². The maximum absolute atomic E-state index is 13.4.